The van der Waals surface area contributed by atoms with Crippen LogP contribution in [0, 0.1) is 6.92 Å². The molecule has 4 heteroatoms. The molecule has 1 aliphatic heterocycles. The van der Waals surface area contributed by atoms with Crippen LogP contribution in [0.4, 0.5) is 22.7 Å². The highest BCUT2D eigenvalue weighted by Crippen LogP contribution is 2.28. The Hall–Kier alpha value is -2.20. The average Bonchev–Trinajstić information content (AvgIpc) is 2.53. The third-order valence-electron chi connectivity index (χ3n) is 3.82. The zero-order valence-corrected chi connectivity index (χ0v) is 12.3. The minimum Gasteiger partial charge on any atom is -0.397 e. The highest BCUT2D eigenvalue weighted by atomic mass is 16.5. The van der Waals surface area contributed by atoms with Gasteiger partial charge in [0, 0.05) is 24.5 Å². The Balaban J connectivity index is 1.75. The Kier molecular flexibility index (Phi) is 3.97. The van der Waals surface area contributed by atoms with E-state index < -0.39 is 0 Å². The Morgan fingerprint density at radius 2 is 1.76 bits per heavy atom. The second kappa shape index (κ2) is 6.06. The SMILES string of the molecule is Cc1cccc(N)c1Nc1ccc(N2CCOCC2)cc1. The second-order valence-corrected chi connectivity index (χ2v) is 5.31. The van der Waals surface area contributed by atoms with Gasteiger partial charge in [-0.25, -0.2) is 0 Å². The molecule has 3 N–H and O–H groups in total. The van der Waals surface area contributed by atoms with Gasteiger partial charge in [-0.05, 0) is 42.8 Å². The van der Waals surface area contributed by atoms with E-state index in [1.165, 1.54) is 5.69 Å². The molecule has 110 valence electrons. The number of para-hydroxylation sites is 1. The molecule has 0 atom stereocenters. The molecule has 0 saturated carbocycles. The summed E-state index contributed by atoms with van der Waals surface area (Å²) < 4.78 is 5.38. The average molecular weight is 283 g/mol. The molecule has 3 rings (SSSR count). The molecular weight excluding hydrogens is 262 g/mol. The molecule has 4 nitrogen and oxygen atoms in total. The monoisotopic (exact) mass is 283 g/mol. The van der Waals surface area contributed by atoms with Crippen LogP contribution in [0.25, 0.3) is 0 Å². The first-order valence-corrected chi connectivity index (χ1v) is 7.29. The van der Waals surface area contributed by atoms with Gasteiger partial charge < -0.3 is 20.7 Å². The van der Waals surface area contributed by atoms with E-state index in [-0.39, 0.29) is 0 Å². The zero-order chi connectivity index (χ0) is 14.7. The van der Waals surface area contributed by atoms with E-state index in [9.17, 15) is 0 Å². The number of rotatable bonds is 3. The summed E-state index contributed by atoms with van der Waals surface area (Å²) in [5, 5.41) is 3.40. The molecule has 0 amide bonds. The van der Waals surface area contributed by atoms with Crippen molar-refractivity contribution in [3.05, 3.63) is 48.0 Å². The van der Waals surface area contributed by atoms with Gasteiger partial charge in [-0.3, -0.25) is 0 Å². The van der Waals surface area contributed by atoms with Crippen molar-refractivity contribution in [2.45, 2.75) is 6.92 Å². The van der Waals surface area contributed by atoms with E-state index in [4.69, 9.17) is 10.5 Å². The lowest BCUT2D eigenvalue weighted by molar-refractivity contribution is 0.122. The van der Waals surface area contributed by atoms with Crippen LogP contribution in [0.1, 0.15) is 5.56 Å². The number of nitrogens with zero attached hydrogens (tertiary/aromatic N) is 1. The minimum atomic E-state index is 0.771. The largest absolute Gasteiger partial charge is 0.397 e. The van der Waals surface area contributed by atoms with E-state index in [0.717, 1.165) is 48.9 Å². The van der Waals surface area contributed by atoms with Crippen molar-refractivity contribution in [3.8, 4) is 0 Å². The van der Waals surface area contributed by atoms with Crippen molar-refractivity contribution in [3.63, 3.8) is 0 Å². The predicted molar refractivity (Wildman–Crippen MR) is 88.3 cm³/mol. The van der Waals surface area contributed by atoms with Crippen LogP contribution >= 0.6 is 0 Å². The number of morpholine rings is 1. The maximum Gasteiger partial charge on any atom is 0.0647 e. The first-order chi connectivity index (χ1) is 10.2. The Bertz CT molecular complexity index is 584. The molecule has 1 aliphatic rings. The first kappa shape index (κ1) is 13.8. The number of benzene rings is 2. The molecule has 1 fully saturated rings. The summed E-state index contributed by atoms with van der Waals surface area (Å²) in [7, 11) is 0. The fourth-order valence-corrected chi connectivity index (χ4v) is 2.58. The standard InChI is InChI=1S/C17H21N3O/c1-13-3-2-4-16(18)17(13)19-14-5-7-15(8-6-14)20-9-11-21-12-10-20/h2-8,19H,9-12,18H2,1H3. The summed E-state index contributed by atoms with van der Waals surface area (Å²) in [6.07, 6.45) is 0. The molecule has 2 aromatic carbocycles. The van der Waals surface area contributed by atoms with Crippen LogP contribution in [-0.4, -0.2) is 26.3 Å². The van der Waals surface area contributed by atoms with Gasteiger partial charge in [-0.15, -0.1) is 0 Å². The maximum atomic E-state index is 6.03. The third-order valence-corrected chi connectivity index (χ3v) is 3.82. The van der Waals surface area contributed by atoms with E-state index in [2.05, 4.69) is 47.5 Å². The molecule has 1 heterocycles. The Morgan fingerprint density at radius 3 is 2.43 bits per heavy atom. The van der Waals surface area contributed by atoms with Crippen LogP contribution < -0.4 is 16.0 Å². The molecule has 0 spiro atoms. The van der Waals surface area contributed by atoms with Crippen molar-refractivity contribution in [1.82, 2.24) is 0 Å². The van der Waals surface area contributed by atoms with Crippen LogP contribution in [0.15, 0.2) is 42.5 Å². The molecule has 0 aliphatic carbocycles. The summed E-state index contributed by atoms with van der Waals surface area (Å²) >= 11 is 0. The van der Waals surface area contributed by atoms with Crippen LogP contribution in [-0.2, 0) is 4.74 Å². The van der Waals surface area contributed by atoms with E-state index in [1.807, 2.05) is 12.1 Å². The van der Waals surface area contributed by atoms with Gasteiger partial charge in [0.15, 0.2) is 0 Å². The molecule has 1 saturated heterocycles. The van der Waals surface area contributed by atoms with Gasteiger partial charge in [0.1, 0.15) is 0 Å². The maximum absolute atomic E-state index is 6.03. The third kappa shape index (κ3) is 3.11. The normalized spacial score (nSPS) is 15.0. The molecule has 0 radical (unpaired) electrons. The quantitative estimate of drug-likeness (QED) is 0.850. The predicted octanol–water partition coefficient (Wildman–Crippen LogP) is 3.16. The number of hydrogen-bond acceptors (Lipinski definition) is 4. The zero-order valence-electron chi connectivity index (χ0n) is 12.3. The van der Waals surface area contributed by atoms with E-state index in [1.54, 1.807) is 0 Å². The molecule has 21 heavy (non-hydrogen) atoms. The van der Waals surface area contributed by atoms with Crippen molar-refractivity contribution in [1.29, 1.82) is 0 Å². The lowest BCUT2D eigenvalue weighted by Gasteiger charge is -2.29. The van der Waals surface area contributed by atoms with Crippen molar-refractivity contribution in [2.75, 3.05) is 42.3 Å². The van der Waals surface area contributed by atoms with Crippen molar-refractivity contribution >= 4 is 22.7 Å². The number of aryl methyl sites for hydroxylation is 1. The number of ether oxygens (including phenoxy) is 1. The number of nitrogen functional groups attached to an aromatic ring is 1. The van der Waals surface area contributed by atoms with Gasteiger partial charge in [0.2, 0.25) is 0 Å². The Morgan fingerprint density at radius 1 is 1.05 bits per heavy atom. The number of anilines is 4. The number of nitrogens with one attached hydrogen (secondary N) is 1. The molecule has 2 aromatic rings. The van der Waals surface area contributed by atoms with Gasteiger partial charge >= 0.3 is 0 Å². The van der Waals surface area contributed by atoms with Gasteiger partial charge in [-0.1, -0.05) is 12.1 Å². The highest BCUT2D eigenvalue weighted by molar-refractivity contribution is 5.76. The van der Waals surface area contributed by atoms with Gasteiger partial charge in [0.25, 0.3) is 0 Å². The number of nitrogens with two attached hydrogens (primary N) is 1. The lowest BCUT2D eigenvalue weighted by Crippen LogP contribution is -2.36. The summed E-state index contributed by atoms with van der Waals surface area (Å²) in [6.45, 7) is 5.58. The van der Waals surface area contributed by atoms with Crippen molar-refractivity contribution < 1.29 is 4.74 Å². The van der Waals surface area contributed by atoms with Gasteiger partial charge in [-0.2, -0.15) is 0 Å². The second-order valence-electron chi connectivity index (χ2n) is 5.31. The molecule has 0 bridgehead atoms. The lowest BCUT2D eigenvalue weighted by atomic mass is 10.1. The van der Waals surface area contributed by atoms with E-state index in [0.29, 0.717) is 0 Å². The fraction of sp³-hybridized carbons (Fsp3) is 0.294. The summed E-state index contributed by atoms with van der Waals surface area (Å²) in [5.41, 5.74) is 11.2. The van der Waals surface area contributed by atoms with Gasteiger partial charge in [0.05, 0.1) is 24.6 Å². The molecule has 0 aromatic heterocycles. The minimum absolute atomic E-state index is 0.771. The summed E-state index contributed by atoms with van der Waals surface area (Å²) in [6, 6.07) is 14.4. The molecular formula is C17H21N3O. The van der Waals surface area contributed by atoms with Crippen molar-refractivity contribution in [2.24, 2.45) is 0 Å². The molecule has 0 unspecified atom stereocenters. The summed E-state index contributed by atoms with van der Waals surface area (Å²) in [5.74, 6) is 0. The highest BCUT2D eigenvalue weighted by Gasteiger charge is 2.11. The van der Waals surface area contributed by atoms with E-state index >= 15 is 0 Å². The first-order valence-electron chi connectivity index (χ1n) is 7.29. The van der Waals surface area contributed by atoms with Crippen LogP contribution in [0.2, 0.25) is 0 Å². The number of hydrogen-bond donors (Lipinski definition) is 2. The topological polar surface area (TPSA) is 50.5 Å². The fourth-order valence-electron chi connectivity index (χ4n) is 2.58. The smallest absolute Gasteiger partial charge is 0.0647 e. The van der Waals surface area contributed by atoms with Crippen LogP contribution in [0.5, 0.6) is 0 Å². The summed E-state index contributed by atoms with van der Waals surface area (Å²) in [4.78, 5) is 2.34. The Labute approximate surface area is 125 Å². The van der Waals surface area contributed by atoms with Crippen LogP contribution in [0.3, 0.4) is 0 Å².